The van der Waals surface area contributed by atoms with E-state index < -0.39 is 0 Å². The summed E-state index contributed by atoms with van der Waals surface area (Å²) in [6.07, 6.45) is 3.17. The van der Waals surface area contributed by atoms with Crippen molar-refractivity contribution >= 4 is 29.5 Å². The number of nitrogens with two attached hydrogens (primary N) is 1. The molecule has 0 aliphatic rings. The zero-order chi connectivity index (χ0) is 7.84. The third kappa shape index (κ3) is 1.18. The van der Waals surface area contributed by atoms with Gasteiger partial charge in [-0.05, 0) is 0 Å². The molecule has 0 amide bonds. The predicted octanol–water partition coefficient (Wildman–Crippen LogP) is 0.367. The molecule has 2 aromatic rings. The van der Waals surface area contributed by atoms with E-state index in [1.54, 1.807) is 10.9 Å². The monoisotopic (exact) mass is 185 g/mol. The third-order valence-corrected chi connectivity index (χ3v) is 1.44. The summed E-state index contributed by atoms with van der Waals surface area (Å²) in [4.78, 5) is 12.0. The van der Waals surface area contributed by atoms with E-state index in [9.17, 15) is 0 Å². The van der Waals surface area contributed by atoms with Gasteiger partial charge in [0.1, 0.15) is 5.82 Å². The Morgan fingerprint density at radius 2 is 2.17 bits per heavy atom. The minimum Gasteiger partial charge on any atom is -0.382 e. The first kappa shape index (κ1) is 8.73. The number of hydrogen-bond acceptors (Lipinski definition) is 4. The van der Waals surface area contributed by atoms with Crippen molar-refractivity contribution in [3.63, 3.8) is 0 Å². The lowest BCUT2D eigenvalue weighted by molar-refractivity contribution is 0.930. The molecule has 0 unspecified atom stereocenters. The van der Waals surface area contributed by atoms with E-state index in [4.69, 9.17) is 5.73 Å². The first-order valence-electron chi connectivity index (χ1n) is 3.17. The SMILES string of the molecule is Cl.Cn1cnc2nc(N)cnc21. The topological polar surface area (TPSA) is 69.6 Å². The number of fused-ring (bicyclic) bond motifs is 1. The smallest absolute Gasteiger partial charge is 0.199 e. The van der Waals surface area contributed by atoms with Crippen LogP contribution in [0.15, 0.2) is 12.5 Å². The Balaban J connectivity index is 0.000000720. The number of aromatic nitrogens is 4. The second-order valence-corrected chi connectivity index (χ2v) is 2.30. The molecule has 0 saturated carbocycles. The molecule has 0 spiro atoms. The van der Waals surface area contributed by atoms with Gasteiger partial charge in [-0.1, -0.05) is 0 Å². The first-order valence-corrected chi connectivity index (χ1v) is 3.17. The van der Waals surface area contributed by atoms with Crippen molar-refractivity contribution in [3.8, 4) is 0 Å². The largest absolute Gasteiger partial charge is 0.382 e. The average Bonchev–Trinajstić information content (AvgIpc) is 2.32. The van der Waals surface area contributed by atoms with E-state index in [2.05, 4.69) is 15.0 Å². The number of imidazole rings is 1. The highest BCUT2D eigenvalue weighted by Crippen LogP contribution is 2.05. The molecule has 0 aliphatic carbocycles. The first-order chi connectivity index (χ1) is 5.27. The Labute approximate surface area is 75.0 Å². The van der Waals surface area contributed by atoms with Crippen molar-refractivity contribution in [2.24, 2.45) is 7.05 Å². The van der Waals surface area contributed by atoms with Gasteiger partial charge >= 0.3 is 0 Å². The summed E-state index contributed by atoms with van der Waals surface area (Å²) < 4.78 is 1.79. The second-order valence-electron chi connectivity index (χ2n) is 2.30. The number of anilines is 1. The maximum atomic E-state index is 5.41. The number of halogens is 1. The van der Waals surface area contributed by atoms with Crippen LogP contribution in [0.1, 0.15) is 0 Å². The number of nitrogen functional groups attached to an aromatic ring is 1. The van der Waals surface area contributed by atoms with Crippen LogP contribution >= 0.6 is 12.4 Å². The van der Waals surface area contributed by atoms with Gasteiger partial charge in [0, 0.05) is 7.05 Å². The summed E-state index contributed by atoms with van der Waals surface area (Å²) in [5.41, 5.74) is 6.75. The highest BCUT2D eigenvalue weighted by atomic mass is 35.5. The molecular weight excluding hydrogens is 178 g/mol. The molecule has 2 N–H and O–H groups in total. The van der Waals surface area contributed by atoms with Crippen molar-refractivity contribution in [1.29, 1.82) is 0 Å². The fourth-order valence-electron chi connectivity index (χ4n) is 0.918. The maximum Gasteiger partial charge on any atom is 0.199 e. The molecule has 0 aliphatic heterocycles. The standard InChI is InChI=1S/C6H7N5.ClH/c1-11-3-9-5-6(11)8-2-4(7)10-5;/h2-3H,1H3,(H2,7,10);1H. The lowest BCUT2D eigenvalue weighted by Gasteiger charge is -1.92. The van der Waals surface area contributed by atoms with Crippen LogP contribution in [0.5, 0.6) is 0 Å². The number of hydrogen-bond donors (Lipinski definition) is 1. The summed E-state index contributed by atoms with van der Waals surface area (Å²) in [6.45, 7) is 0. The fraction of sp³-hybridized carbons (Fsp3) is 0.167. The van der Waals surface area contributed by atoms with E-state index in [0.29, 0.717) is 11.5 Å². The van der Waals surface area contributed by atoms with Gasteiger partial charge in [-0.15, -0.1) is 12.4 Å². The highest BCUT2D eigenvalue weighted by Gasteiger charge is 2.00. The summed E-state index contributed by atoms with van der Waals surface area (Å²) in [6, 6.07) is 0. The van der Waals surface area contributed by atoms with Gasteiger partial charge in [0.15, 0.2) is 11.3 Å². The molecule has 2 heterocycles. The van der Waals surface area contributed by atoms with E-state index in [0.717, 1.165) is 5.65 Å². The molecule has 0 bridgehead atoms. The molecule has 64 valence electrons. The summed E-state index contributed by atoms with van der Waals surface area (Å²) >= 11 is 0. The van der Waals surface area contributed by atoms with Crippen molar-refractivity contribution in [3.05, 3.63) is 12.5 Å². The zero-order valence-corrected chi connectivity index (χ0v) is 7.25. The van der Waals surface area contributed by atoms with Crippen LogP contribution < -0.4 is 5.73 Å². The van der Waals surface area contributed by atoms with Gasteiger partial charge in [-0.3, -0.25) is 0 Å². The van der Waals surface area contributed by atoms with Crippen LogP contribution in [0.4, 0.5) is 5.82 Å². The predicted molar refractivity (Wildman–Crippen MR) is 48.0 cm³/mol. The van der Waals surface area contributed by atoms with Gasteiger partial charge in [0.25, 0.3) is 0 Å². The summed E-state index contributed by atoms with van der Waals surface area (Å²) in [5, 5.41) is 0. The zero-order valence-electron chi connectivity index (χ0n) is 6.43. The number of aryl methyl sites for hydroxylation is 1. The molecule has 6 heteroatoms. The molecule has 0 aromatic carbocycles. The Kier molecular flexibility index (Phi) is 2.14. The maximum absolute atomic E-state index is 5.41. The lowest BCUT2D eigenvalue weighted by atomic mass is 10.6. The molecule has 0 saturated heterocycles. The van der Waals surface area contributed by atoms with Crippen molar-refractivity contribution < 1.29 is 0 Å². The van der Waals surface area contributed by atoms with E-state index in [-0.39, 0.29) is 12.4 Å². The number of nitrogens with zero attached hydrogens (tertiary/aromatic N) is 4. The molecule has 2 aromatic heterocycles. The highest BCUT2D eigenvalue weighted by molar-refractivity contribution is 5.85. The van der Waals surface area contributed by atoms with Gasteiger partial charge in [-0.25, -0.2) is 15.0 Å². The minimum atomic E-state index is 0. The van der Waals surface area contributed by atoms with Crippen LogP contribution in [-0.4, -0.2) is 19.5 Å². The number of rotatable bonds is 0. The Hall–Kier alpha value is -1.36. The van der Waals surface area contributed by atoms with E-state index >= 15 is 0 Å². The van der Waals surface area contributed by atoms with Crippen molar-refractivity contribution in [1.82, 2.24) is 19.5 Å². The normalized spacial score (nSPS) is 9.75. The Morgan fingerprint density at radius 1 is 1.42 bits per heavy atom. The van der Waals surface area contributed by atoms with Crippen LogP contribution in [0.25, 0.3) is 11.3 Å². The third-order valence-electron chi connectivity index (χ3n) is 1.44. The van der Waals surface area contributed by atoms with Gasteiger partial charge in [-0.2, -0.15) is 0 Å². The summed E-state index contributed by atoms with van der Waals surface area (Å²) in [5.74, 6) is 0.399. The fourth-order valence-corrected chi connectivity index (χ4v) is 0.918. The van der Waals surface area contributed by atoms with Crippen molar-refractivity contribution in [2.75, 3.05) is 5.73 Å². The molecule has 5 nitrogen and oxygen atoms in total. The van der Waals surface area contributed by atoms with Gasteiger partial charge in [0.2, 0.25) is 0 Å². The Bertz CT molecular complexity index is 396. The van der Waals surface area contributed by atoms with Gasteiger partial charge in [0.05, 0.1) is 12.5 Å². The lowest BCUT2D eigenvalue weighted by Crippen LogP contribution is -1.93. The van der Waals surface area contributed by atoms with Crippen molar-refractivity contribution in [2.45, 2.75) is 0 Å². The van der Waals surface area contributed by atoms with Crippen LogP contribution in [0.2, 0.25) is 0 Å². The molecule has 0 atom stereocenters. The minimum absolute atomic E-state index is 0. The van der Waals surface area contributed by atoms with Gasteiger partial charge < -0.3 is 10.3 Å². The van der Waals surface area contributed by atoms with E-state index in [1.165, 1.54) is 6.20 Å². The molecule has 12 heavy (non-hydrogen) atoms. The van der Waals surface area contributed by atoms with Crippen LogP contribution in [-0.2, 0) is 7.05 Å². The molecular formula is C6H8ClN5. The second kappa shape index (κ2) is 2.94. The molecule has 2 rings (SSSR count). The Morgan fingerprint density at radius 3 is 2.92 bits per heavy atom. The van der Waals surface area contributed by atoms with Crippen LogP contribution in [0, 0.1) is 0 Å². The summed E-state index contributed by atoms with van der Waals surface area (Å²) in [7, 11) is 1.86. The molecule has 0 fully saturated rings. The van der Waals surface area contributed by atoms with Crippen LogP contribution in [0.3, 0.4) is 0 Å². The molecule has 0 radical (unpaired) electrons. The average molecular weight is 186 g/mol. The van der Waals surface area contributed by atoms with E-state index in [1.807, 2.05) is 7.05 Å². The quantitative estimate of drug-likeness (QED) is 0.644.